The highest BCUT2D eigenvalue weighted by Crippen LogP contribution is 2.25. The first-order valence-corrected chi connectivity index (χ1v) is 13.0. The molecule has 0 saturated carbocycles. The molecule has 1 aliphatic rings. The number of morpholine rings is 1. The van der Waals surface area contributed by atoms with E-state index in [4.69, 9.17) is 16.3 Å². The van der Waals surface area contributed by atoms with Crippen LogP contribution in [0.4, 0.5) is 4.39 Å². The highest BCUT2D eigenvalue weighted by molar-refractivity contribution is 7.98. The normalized spacial score (nSPS) is 18.0. The summed E-state index contributed by atoms with van der Waals surface area (Å²) >= 11 is 7.44. The van der Waals surface area contributed by atoms with Gasteiger partial charge in [0.1, 0.15) is 22.9 Å². The summed E-state index contributed by atoms with van der Waals surface area (Å²) in [4.78, 5) is 14.4. The second kappa shape index (κ2) is 10.8. The van der Waals surface area contributed by atoms with Crippen LogP contribution in [0.15, 0.2) is 53.4 Å². The minimum Gasteiger partial charge on any atom is -0.370 e. The van der Waals surface area contributed by atoms with E-state index in [1.165, 1.54) is 30.0 Å². The number of amides is 1. The number of hydrogen-bond acceptors (Lipinski definition) is 5. The van der Waals surface area contributed by atoms with E-state index in [1.54, 1.807) is 17.0 Å². The molecule has 1 fully saturated rings. The van der Waals surface area contributed by atoms with Gasteiger partial charge in [-0.3, -0.25) is 4.79 Å². The molecule has 2 aromatic carbocycles. The van der Waals surface area contributed by atoms with Gasteiger partial charge in [0.15, 0.2) is 0 Å². The topological polar surface area (TPSA) is 75.7 Å². The standard InChI is InChI=1S/C21H24ClFN2O4S2/c1-30-13-10-18(24-31(27,28)20-5-3-2-4-17(20)23)21(26)25-11-12-29-19(14-25)15-6-8-16(22)9-7-15/h2-9,18-19,24H,10-14H2,1H3. The second-order valence-corrected chi connectivity index (χ2v) is 10.2. The van der Waals surface area contributed by atoms with Crippen molar-refractivity contribution in [3.63, 3.8) is 0 Å². The summed E-state index contributed by atoms with van der Waals surface area (Å²) in [6.45, 7) is 0.964. The molecule has 2 atom stereocenters. The van der Waals surface area contributed by atoms with Crippen molar-refractivity contribution in [2.45, 2.75) is 23.5 Å². The number of nitrogens with zero attached hydrogens (tertiary/aromatic N) is 1. The van der Waals surface area contributed by atoms with Gasteiger partial charge in [-0.25, -0.2) is 12.8 Å². The Balaban J connectivity index is 1.77. The molecule has 1 heterocycles. The molecule has 0 spiro atoms. The molecule has 6 nitrogen and oxygen atoms in total. The Labute approximate surface area is 191 Å². The summed E-state index contributed by atoms with van der Waals surface area (Å²) in [5.74, 6) is -0.641. The van der Waals surface area contributed by atoms with Crippen molar-refractivity contribution in [1.29, 1.82) is 0 Å². The lowest BCUT2D eigenvalue weighted by Gasteiger charge is -2.35. The molecule has 168 valence electrons. The van der Waals surface area contributed by atoms with Gasteiger partial charge in [0.2, 0.25) is 15.9 Å². The average molecular weight is 487 g/mol. The molecule has 1 saturated heterocycles. The Morgan fingerprint density at radius 2 is 2.00 bits per heavy atom. The van der Waals surface area contributed by atoms with Crippen LogP contribution in [0, 0.1) is 5.82 Å². The summed E-state index contributed by atoms with van der Waals surface area (Å²) in [5.41, 5.74) is 0.884. The maximum absolute atomic E-state index is 14.1. The van der Waals surface area contributed by atoms with Gasteiger partial charge in [0.25, 0.3) is 0 Å². The van der Waals surface area contributed by atoms with Crippen molar-refractivity contribution in [2.24, 2.45) is 0 Å². The van der Waals surface area contributed by atoms with Crippen LogP contribution in [0.5, 0.6) is 0 Å². The minimum atomic E-state index is -4.20. The lowest BCUT2D eigenvalue weighted by Crippen LogP contribution is -2.52. The molecule has 0 radical (unpaired) electrons. The van der Waals surface area contributed by atoms with Crippen LogP contribution < -0.4 is 4.72 Å². The van der Waals surface area contributed by atoms with E-state index < -0.39 is 26.8 Å². The van der Waals surface area contributed by atoms with E-state index >= 15 is 0 Å². The number of benzene rings is 2. The summed E-state index contributed by atoms with van der Waals surface area (Å²) in [7, 11) is -4.20. The third kappa shape index (κ3) is 6.20. The van der Waals surface area contributed by atoms with Crippen LogP contribution in [0.2, 0.25) is 5.02 Å². The molecule has 10 heteroatoms. The predicted molar refractivity (Wildman–Crippen MR) is 120 cm³/mol. The quantitative estimate of drug-likeness (QED) is 0.618. The SMILES string of the molecule is CSCCC(NS(=O)(=O)c1ccccc1F)C(=O)N1CCOC(c2ccc(Cl)cc2)C1. The first-order chi connectivity index (χ1) is 14.8. The Hall–Kier alpha value is -1.65. The van der Waals surface area contributed by atoms with Gasteiger partial charge < -0.3 is 9.64 Å². The summed E-state index contributed by atoms with van der Waals surface area (Å²) in [5, 5.41) is 0.604. The lowest BCUT2D eigenvalue weighted by molar-refractivity contribution is -0.140. The molecule has 2 aromatic rings. The highest BCUT2D eigenvalue weighted by atomic mass is 35.5. The van der Waals surface area contributed by atoms with Crippen molar-refractivity contribution in [1.82, 2.24) is 9.62 Å². The molecule has 0 aliphatic carbocycles. The van der Waals surface area contributed by atoms with E-state index in [1.807, 2.05) is 18.4 Å². The fourth-order valence-electron chi connectivity index (χ4n) is 3.33. The molecule has 31 heavy (non-hydrogen) atoms. The van der Waals surface area contributed by atoms with E-state index in [2.05, 4.69) is 4.72 Å². The smallest absolute Gasteiger partial charge is 0.244 e. The predicted octanol–water partition coefficient (Wildman–Crippen LogP) is 3.48. The molecule has 1 N–H and O–H groups in total. The molecular formula is C21H24ClFN2O4S2. The van der Waals surface area contributed by atoms with Crippen molar-refractivity contribution >= 4 is 39.3 Å². The number of thioether (sulfide) groups is 1. The van der Waals surface area contributed by atoms with Crippen LogP contribution in [0.25, 0.3) is 0 Å². The monoisotopic (exact) mass is 486 g/mol. The van der Waals surface area contributed by atoms with Gasteiger partial charge in [0.05, 0.1) is 13.2 Å². The van der Waals surface area contributed by atoms with Crippen molar-refractivity contribution in [2.75, 3.05) is 31.7 Å². The van der Waals surface area contributed by atoms with Gasteiger partial charge in [0, 0.05) is 11.6 Å². The Kier molecular flexibility index (Phi) is 8.35. The van der Waals surface area contributed by atoms with Crippen molar-refractivity contribution in [3.05, 3.63) is 64.9 Å². The zero-order valence-corrected chi connectivity index (χ0v) is 19.4. The summed E-state index contributed by atoms with van der Waals surface area (Å²) in [6.07, 6.45) is 1.83. The average Bonchev–Trinajstić information content (AvgIpc) is 2.77. The number of sulfonamides is 1. The van der Waals surface area contributed by atoms with Crippen LogP contribution in [-0.2, 0) is 19.6 Å². The summed E-state index contributed by atoms with van der Waals surface area (Å²) in [6, 6.07) is 11.3. The molecule has 1 aliphatic heterocycles. The zero-order valence-electron chi connectivity index (χ0n) is 17.0. The molecule has 3 rings (SSSR count). The van der Waals surface area contributed by atoms with Crippen molar-refractivity contribution < 1.29 is 22.3 Å². The minimum absolute atomic E-state index is 0.288. The third-order valence-corrected chi connectivity index (χ3v) is 7.35. The van der Waals surface area contributed by atoms with Crippen LogP contribution in [0.1, 0.15) is 18.1 Å². The fraction of sp³-hybridized carbons (Fsp3) is 0.381. The number of halogens is 2. The van der Waals surface area contributed by atoms with E-state index in [0.717, 1.165) is 11.6 Å². The molecule has 2 unspecified atom stereocenters. The van der Waals surface area contributed by atoms with Crippen LogP contribution in [0.3, 0.4) is 0 Å². The number of carbonyl (C=O) groups excluding carboxylic acids is 1. The van der Waals surface area contributed by atoms with Gasteiger partial charge >= 0.3 is 0 Å². The first-order valence-electron chi connectivity index (χ1n) is 9.73. The van der Waals surface area contributed by atoms with Gasteiger partial charge in [-0.05, 0) is 48.3 Å². The number of carbonyl (C=O) groups is 1. The number of nitrogens with one attached hydrogen (secondary N) is 1. The maximum Gasteiger partial charge on any atom is 0.244 e. The highest BCUT2D eigenvalue weighted by Gasteiger charge is 2.33. The van der Waals surface area contributed by atoms with Gasteiger partial charge in [-0.15, -0.1) is 0 Å². The second-order valence-electron chi connectivity index (χ2n) is 7.08. The lowest BCUT2D eigenvalue weighted by atomic mass is 10.1. The van der Waals surface area contributed by atoms with Crippen molar-refractivity contribution in [3.8, 4) is 0 Å². The molecule has 0 bridgehead atoms. The Morgan fingerprint density at radius 3 is 2.68 bits per heavy atom. The van der Waals surface area contributed by atoms with E-state index in [9.17, 15) is 17.6 Å². The largest absolute Gasteiger partial charge is 0.370 e. The number of ether oxygens (including phenoxy) is 1. The third-order valence-electron chi connectivity index (χ3n) is 4.95. The van der Waals surface area contributed by atoms with Gasteiger partial charge in [-0.1, -0.05) is 35.9 Å². The van der Waals surface area contributed by atoms with Crippen LogP contribution in [-0.4, -0.2) is 57.0 Å². The number of hydrogen-bond donors (Lipinski definition) is 1. The number of rotatable bonds is 8. The molecule has 0 aromatic heterocycles. The Morgan fingerprint density at radius 1 is 1.29 bits per heavy atom. The fourth-order valence-corrected chi connectivity index (χ4v) is 5.23. The zero-order chi connectivity index (χ0) is 22.4. The van der Waals surface area contributed by atoms with Crippen LogP contribution >= 0.6 is 23.4 Å². The Bertz CT molecular complexity index is 1000. The first kappa shape index (κ1) is 24.0. The van der Waals surface area contributed by atoms with Gasteiger partial charge in [-0.2, -0.15) is 16.5 Å². The molecule has 1 amide bonds. The maximum atomic E-state index is 14.1. The van der Waals surface area contributed by atoms with E-state index in [-0.39, 0.29) is 25.0 Å². The summed E-state index contributed by atoms with van der Waals surface area (Å²) < 4.78 is 47.8. The molecular weight excluding hydrogens is 463 g/mol. The van der Waals surface area contributed by atoms with E-state index in [0.29, 0.717) is 23.9 Å².